The average molecular weight is 693 g/mol. The van der Waals surface area contributed by atoms with E-state index in [2.05, 4.69) is 27.7 Å². The maximum atomic E-state index is 12.5. The zero-order valence-corrected chi connectivity index (χ0v) is 34.0. The number of hydrogen-bond donors (Lipinski definition) is 0. The Balaban J connectivity index is 4.05. The van der Waals surface area contributed by atoms with Crippen molar-refractivity contribution in [3.63, 3.8) is 0 Å². The molecule has 0 bridgehead atoms. The monoisotopic (exact) mass is 693 g/mol. The molecular weight excluding hydrogens is 604 g/mol. The summed E-state index contributed by atoms with van der Waals surface area (Å²) in [7, 11) is 0. The summed E-state index contributed by atoms with van der Waals surface area (Å²) in [6, 6.07) is 0. The highest BCUT2D eigenvalue weighted by atomic mass is 16.5. The summed E-state index contributed by atoms with van der Waals surface area (Å²) in [5.74, 6) is 1.01. The standard InChI is InChI=1S/C45H88O4/c1-5-9-12-14-16-17-18-19-20-21-22-23-25-29-33-39-45(47)49-41-43(36-31-27-24-15-13-10-6-2)37-32-28-26-30-34-38-44(46)48-40-42(8-4)35-11-7-3/h42-43H,5-41H2,1-4H3. The van der Waals surface area contributed by atoms with Gasteiger partial charge in [0.2, 0.25) is 0 Å². The molecule has 0 aliphatic carbocycles. The second-order valence-corrected chi connectivity index (χ2v) is 15.6. The molecule has 49 heavy (non-hydrogen) atoms. The SMILES string of the molecule is CCCCCCCCCCCCCCCCCC(=O)OCC(CCCCCCCCC)CCCCCCCC(=O)OCC(CC)CCCC. The normalized spacial score (nSPS) is 12.7. The molecule has 0 aromatic carbocycles. The molecule has 292 valence electrons. The highest BCUT2D eigenvalue weighted by Crippen LogP contribution is 2.21. The van der Waals surface area contributed by atoms with E-state index in [1.165, 1.54) is 173 Å². The first-order valence-corrected chi connectivity index (χ1v) is 22.4. The molecule has 0 spiro atoms. The number of hydrogen-bond acceptors (Lipinski definition) is 4. The summed E-state index contributed by atoms with van der Waals surface area (Å²) >= 11 is 0. The third-order valence-corrected chi connectivity index (χ3v) is 10.7. The number of unbranched alkanes of at least 4 members (excludes halogenated alkanes) is 25. The van der Waals surface area contributed by atoms with E-state index in [4.69, 9.17) is 9.47 Å². The fraction of sp³-hybridized carbons (Fsp3) is 0.956. The zero-order chi connectivity index (χ0) is 35.9. The second kappa shape index (κ2) is 39.7. The molecule has 0 aromatic heterocycles. The quantitative estimate of drug-likeness (QED) is 0.0474. The number of carbonyl (C=O) groups is 2. The van der Waals surface area contributed by atoms with Crippen molar-refractivity contribution in [1.82, 2.24) is 0 Å². The topological polar surface area (TPSA) is 52.6 Å². The lowest BCUT2D eigenvalue weighted by Gasteiger charge is -2.17. The predicted octanol–water partition coefficient (Wildman–Crippen LogP) is 15.0. The molecule has 2 unspecified atom stereocenters. The Labute approximate surface area is 307 Å². The van der Waals surface area contributed by atoms with Gasteiger partial charge in [-0.25, -0.2) is 0 Å². The van der Waals surface area contributed by atoms with Crippen LogP contribution in [0, 0.1) is 11.8 Å². The molecule has 0 saturated heterocycles. The smallest absolute Gasteiger partial charge is 0.305 e. The Kier molecular flexibility index (Phi) is 38.9. The molecule has 0 rings (SSSR count). The van der Waals surface area contributed by atoms with Crippen LogP contribution < -0.4 is 0 Å². The fourth-order valence-corrected chi connectivity index (χ4v) is 7.04. The molecule has 0 radical (unpaired) electrons. The highest BCUT2D eigenvalue weighted by molar-refractivity contribution is 5.69. The molecule has 0 heterocycles. The summed E-state index contributed by atoms with van der Waals surface area (Å²) in [6.07, 6.45) is 43.2. The Bertz CT molecular complexity index is 677. The van der Waals surface area contributed by atoms with Crippen LogP contribution in [0.15, 0.2) is 0 Å². The van der Waals surface area contributed by atoms with E-state index in [-0.39, 0.29) is 11.9 Å². The lowest BCUT2D eigenvalue weighted by molar-refractivity contribution is -0.146. The number of rotatable bonds is 40. The maximum Gasteiger partial charge on any atom is 0.305 e. The van der Waals surface area contributed by atoms with Crippen LogP contribution in [-0.2, 0) is 19.1 Å². The van der Waals surface area contributed by atoms with Crippen molar-refractivity contribution in [2.24, 2.45) is 11.8 Å². The van der Waals surface area contributed by atoms with E-state index < -0.39 is 0 Å². The van der Waals surface area contributed by atoms with Crippen LogP contribution in [0.5, 0.6) is 0 Å². The molecule has 0 amide bonds. The number of carbonyl (C=O) groups excluding carboxylic acids is 2. The molecule has 0 fully saturated rings. The van der Waals surface area contributed by atoms with Crippen molar-refractivity contribution in [2.75, 3.05) is 13.2 Å². The molecule has 2 atom stereocenters. The van der Waals surface area contributed by atoms with Gasteiger partial charge in [0.1, 0.15) is 0 Å². The molecular formula is C45H88O4. The van der Waals surface area contributed by atoms with Gasteiger partial charge in [0, 0.05) is 12.8 Å². The maximum absolute atomic E-state index is 12.5. The Hall–Kier alpha value is -1.06. The van der Waals surface area contributed by atoms with Gasteiger partial charge in [-0.05, 0) is 43.9 Å². The van der Waals surface area contributed by atoms with Gasteiger partial charge in [0.15, 0.2) is 0 Å². The van der Waals surface area contributed by atoms with Crippen LogP contribution in [-0.4, -0.2) is 25.2 Å². The number of esters is 2. The van der Waals surface area contributed by atoms with E-state index in [0.717, 1.165) is 38.5 Å². The molecule has 0 aliphatic rings. The summed E-state index contributed by atoms with van der Waals surface area (Å²) < 4.78 is 11.4. The van der Waals surface area contributed by atoms with Crippen molar-refractivity contribution in [3.05, 3.63) is 0 Å². The van der Waals surface area contributed by atoms with Crippen LogP contribution in [0.4, 0.5) is 0 Å². The minimum absolute atomic E-state index is 0.0155. The van der Waals surface area contributed by atoms with Crippen LogP contribution in [0.3, 0.4) is 0 Å². The highest BCUT2D eigenvalue weighted by Gasteiger charge is 2.13. The third kappa shape index (κ3) is 36.5. The van der Waals surface area contributed by atoms with Gasteiger partial charge in [-0.1, -0.05) is 207 Å². The fourth-order valence-electron chi connectivity index (χ4n) is 7.04. The Morgan fingerprint density at radius 3 is 0.980 bits per heavy atom. The largest absolute Gasteiger partial charge is 0.465 e. The molecule has 0 aliphatic heterocycles. The van der Waals surface area contributed by atoms with Crippen molar-refractivity contribution in [1.29, 1.82) is 0 Å². The van der Waals surface area contributed by atoms with Crippen molar-refractivity contribution >= 4 is 11.9 Å². The first kappa shape index (κ1) is 47.9. The Morgan fingerprint density at radius 2 is 0.633 bits per heavy atom. The summed E-state index contributed by atoms with van der Waals surface area (Å²) in [5, 5.41) is 0. The molecule has 0 N–H and O–H groups in total. The van der Waals surface area contributed by atoms with Crippen LogP contribution in [0.2, 0.25) is 0 Å². The minimum atomic E-state index is -0.0177. The van der Waals surface area contributed by atoms with Gasteiger partial charge in [-0.3, -0.25) is 9.59 Å². The van der Waals surface area contributed by atoms with Crippen molar-refractivity contribution in [2.45, 2.75) is 252 Å². The van der Waals surface area contributed by atoms with E-state index in [0.29, 0.717) is 37.9 Å². The van der Waals surface area contributed by atoms with E-state index in [1.807, 2.05) is 0 Å². The van der Waals surface area contributed by atoms with Gasteiger partial charge < -0.3 is 9.47 Å². The van der Waals surface area contributed by atoms with Crippen LogP contribution in [0.1, 0.15) is 252 Å². The minimum Gasteiger partial charge on any atom is -0.465 e. The summed E-state index contributed by atoms with van der Waals surface area (Å²) in [5.41, 5.74) is 0. The molecule has 4 heteroatoms. The molecule has 0 saturated carbocycles. The lowest BCUT2D eigenvalue weighted by Crippen LogP contribution is -2.14. The second-order valence-electron chi connectivity index (χ2n) is 15.6. The van der Waals surface area contributed by atoms with Crippen molar-refractivity contribution < 1.29 is 19.1 Å². The van der Waals surface area contributed by atoms with E-state index >= 15 is 0 Å². The Morgan fingerprint density at radius 1 is 0.347 bits per heavy atom. The first-order chi connectivity index (χ1) is 24.1. The van der Waals surface area contributed by atoms with Crippen LogP contribution in [0.25, 0.3) is 0 Å². The zero-order valence-electron chi connectivity index (χ0n) is 34.0. The van der Waals surface area contributed by atoms with Gasteiger partial charge in [-0.2, -0.15) is 0 Å². The van der Waals surface area contributed by atoms with Gasteiger partial charge in [0.05, 0.1) is 13.2 Å². The van der Waals surface area contributed by atoms with E-state index in [1.54, 1.807) is 0 Å². The van der Waals surface area contributed by atoms with Crippen molar-refractivity contribution in [3.8, 4) is 0 Å². The molecule has 0 aromatic rings. The van der Waals surface area contributed by atoms with Crippen LogP contribution >= 0.6 is 0 Å². The number of ether oxygens (including phenoxy) is 2. The van der Waals surface area contributed by atoms with Gasteiger partial charge >= 0.3 is 11.9 Å². The third-order valence-electron chi connectivity index (χ3n) is 10.7. The summed E-state index contributed by atoms with van der Waals surface area (Å²) in [6.45, 7) is 10.2. The summed E-state index contributed by atoms with van der Waals surface area (Å²) in [4.78, 5) is 24.7. The molecule has 4 nitrogen and oxygen atoms in total. The van der Waals surface area contributed by atoms with Gasteiger partial charge in [-0.15, -0.1) is 0 Å². The first-order valence-electron chi connectivity index (χ1n) is 22.4. The van der Waals surface area contributed by atoms with E-state index in [9.17, 15) is 9.59 Å². The average Bonchev–Trinajstić information content (AvgIpc) is 3.11. The van der Waals surface area contributed by atoms with Gasteiger partial charge in [0.25, 0.3) is 0 Å². The predicted molar refractivity (Wildman–Crippen MR) is 213 cm³/mol. The lowest BCUT2D eigenvalue weighted by atomic mass is 9.94.